The highest BCUT2D eigenvalue weighted by molar-refractivity contribution is 7.60. The van der Waals surface area contributed by atoms with Crippen molar-refractivity contribution in [2.75, 3.05) is 13.1 Å². The Balaban J connectivity index is 1.46. The first-order valence-electron chi connectivity index (χ1n) is 12.0. The number of amides is 2. The Hall–Kier alpha value is -3.33. The Bertz CT molecular complexity index is 1370. The van der Waals surface area contributed by atoms with Crippen molar-refractivity contribution in [3.8, 4) is 0 Å². The number of halogens is 1. The summed E-state index contributed by atoms with van der Waals surface area (Å²) in [4.78, 5) is 58.4. The number of alkyl halides is 1. The van der Waals surface area contributed by atoms with Gasteiger partial charge in [-0.15, -0.1) is 0 Å². The summed E-state index contributed by atoms with van der Waals surface area (Å²) in [5.74, 6) is -1.23. The average molecular weight is 530 g/mol. The second kappa shape index (κ2) is 11.0. The van der Waals surface area contributed by atoms with Crippen molar-refractivity contribution in [2.24, 2.45) is 0 Å². The van der Waals surface area contributed by atoms with Crippen LogP contribution in [-0.4, -0.2) is 62.2 Å². The Morgan fingerprint density at radius 1 is 1.14 bits per heavy atom. The van der Waals surface area contributed by atoms with Crippen LogP contribution >= 0.6 is 7.60 Å². The molecular weight excluding hydrogens is 500 g/mol. The third kappa shape index (κ3) is 6.15. The summed E-state index contributed by atoms with van der Waals surface area (Å²) in [5, 5.41) is 2.87. The van der Waals surface area contributed by atoms with Crippen LogP contribution in [0.1, 0.15) is 35.7 Å². The van der Waals surface area contributed by atoms with E-state index in [4.69, 9.17) is 0 Å². The van der Waals surface area contributed by atoms with E-state index in [0.717, 1.165) is 12.0 Å². The molecule has 3 aromatic rings. The molecule has 0 saturated carbocycles. The summed E-state index contributed by atoms with van der Waals surface area (Å²) in [5.41, 5.74) is 1.78. The third-order valence-corrected chi connectivity index (χ3v) is 7.49. The minimum atomic E-state index is -4.55. The molecule has 1 saturated heterocycles. The lowest BCUT2D eigenvalue weighted by atomic mass is 10.1. The Morgan fingerprint density at radius 2 is 1.86 bits per heavy atom. The second-order valence-corrected chi connectivity index (χ2v) is 10.9. The van der Waals surface area contributed by atoms with Crippen LogP contribution in [0.5, 0.6) is 0 Å². The van der Waals surface area contributed by atoms with Gasteiger partial charge in [-0.3, -0.25) is 18.9 Å². The number of nitrogens with one attached hydrogen (secondary N) is 1. The fraction of sp³-hybridized carbons (Fsp3) is 0.346. The first kappa shape index (κ1) is 26.7. The van der Waals surface area contributed by atoms with Crippen molar-refractivity contribution < 1.29 is 33.1 Å². The summed E-state index contributed by atoms with van der Waals surface area (Å²) < 4.78 is 27.5. The van der Waals surface area contributed by atoms with Crippen molar-refractivity contribution >= 4 is 41.4 Å². The molecule has 1 aromatic heterocycles. The lowest BCUT2D eigenvalue weighted by Gasteiger charge is -2.24. The summed E-state index contributed by atoms with van der Waals surface area (Å²) in [6.07, 6.45) is 1.51. The number of ketones is 1. The van der Waals surface area contributed by atoms with Crippen LogP contribution in [0.2, 0.25) is 0 Å². The Labute approximate surface area is 213 Å². The number of Topliss-reactive ketones (excluding diaryl/α,β-unsaturated/α-hetero) is 1. The van der Waals surface area contributed by atoms with Gasteiger partial charge >= 0.3 is 7.60 Å². The lowest BCUT2D eigenvalue weighted by molar-refractivity contribution is -0.138. The molecule has 1 aliphatic rings. The zero-order chi connectivity index (χ0) is 26.7. The molecule has 0 aliphatic carbocycles. The predicted octanol–water partition coefficient (Wildman–Crippen LogP) is 2.33. The summed E-state index contributed by atoms with van der Waals surface area (Å²) in [6.45, 7) is 1.25. The maximum atomic E-state index is 14.3. The number of likely N-dealkylation sites (tertiary alicyclic amines) is 1. The van der Waals surface area contributed by atoms with E-state index in [-0.39, 0.29) is 36.2 Å². The molecule has 3 N–H and O–H groups in total. The van der Waals surface area contributed by atoms with Crippen molar-refractivity contribution in [1.82, 2.24) is 14.8 Å². The lowest BCUT2D eigenvalue weighted by Crippen LogP contribution is -2.47. The fourth-order valence-corrected chi connectivity index (χ4v) is 5.26. The number of benzene rings is 2. The third-order valence-electron chi connectivity index (χ3n) is 6.54. The van der Waals surface area contributed by atoms with Crippen LogP contribution in [0, 0.1) is 0 Å². The number of aromatic nitrogens is 1. The number of hydrogen-bond acceptors (Lipinski definition) is 4. The molecule has 11 heteroatoms. The largest absolute Gasteiger partial charge is 0.356 e. The van der Waals surface area contributed by atoms with Crippen molar-refractivity contribution in [3.63, 3.8) is 0 Å². The summed E-state index contributed by atoms with van der Waals surface area (Å²) >= 11 is 0. The van der Waals surface area contributed by atoms with Gasteiger partial charge in [-0.2, -0.15) is 0 Å². The molecule has 4 rings (SSSR count). The van der Waals surface area contributed by atoms with E-state index in [2.05, 4.69) is 5.32 Å². The summed E-state index contributed by atoms with van der Waals surface area (Å²) in [6, 6.07) is 12.8. The van der Waals surface area contributed by atoms with E-state index in [1.54, 1.807) is 0 Å². The van der Waals surface area contributed by atoms with Crippen molar-refractivity contribution in [2.45, 2.75) is 44.9 Å². The number of nitrogens with zero attached hydrogens (tertiary/aromatic N) is 2. The van der Waals surface area contributed by atoms with Crippen LogP contribution in [0.3, 0.4) is 0 Å². The number of carbonyl (C=O) groups is 3. The molecule has 37 heavy (non-hydrogen) atoms. The van der Waals surface area contributed by atoms with Gasteiger partial charge in [0.1, 0.15) is 18.8 Å². The van der Waals surface area contributed by atoms with Gasteiger partial charge in [-0.05, 0) is 43.5 Å². The topological polar surface area (TPSA) is 129 Å². The predicted molar refractivity (Wildman–Crippen MR) is 136 cm³/mol. The van der Waals surface area contributed by atoms with Crippen LogP contribution in [-0.2, 0) is 27.1 Å². The zero-order valence-electron chi connectivity index (χ0n) is 20.3. The molecule has 0 spiro atoms. The van der Waals surface area contributed by atoms with Gasteiger partial charge in [0.15, 0.2) is 5.78 Å². The van der Waals surface area contributed by atoms with E-state index >= 15 is 0 Å². The molecule has 196 valence electrons. The minimum Gasteiger partial charge on any atom is -0.354 e. The van der Waals surface area contributed by atoms with Crippen molar-refractivity contribution in [3.05, 3.63) is 65.9 Å². The molecule has 9 nitrogen and oxygen atoms in total. The maximum Gasteiger partial charge on any atom is 0.356 e. The van der Waals surface area contributed by atoms with E-state index in [1.807, 2.05) is 30.3 Å². The van der Waals surface area contributed by atoms with Gasteiger partial charge < -0.3 is 24.6 Å². The number of rotatable bonds is 9. The summed E-state index contributed by atoms with van der Waals surface area (Å²) in [7, 11) is -4.55. The number of aryl methyl sites for hydroxylation is 1. The maximum absolute atomic E-state index is 14.3. The quantitative estimate of drug-likeness (QED) is 0.222. The van der Waals surface area contributed by atoms with E-state index in [0.29, 0.717) is 23.9 Å². The number of fused-ring (bicyclic) bond motifs is 1. The first-order chi connectivity index (χ1) is 17.5. The van der Waals surface area contributed by atoms with Gasteiger partial charge in [0.2, 0.25) is 11.8 Å². The molecule has 2 amide bonds. The smallest absolute Gasteiger partial charge is 0.354 e. The van der Waals surface area contributed by atoms with Gasteiger partial charge in [0.05, 0.1) is 11.8 Å². The molecule has 1 fully saturated rings. The van der Waals surface area contributed by atoms with Crippen molar-refractivity contribution in [1.29, 1.82) is 0 Å². The zero-order valence-corrected chi connectivity index (χ0v) is 21.2. The second-order valence-electron chi connectivity index (χ2n) is 9.25. The molecule has 2 heterocycles. The van der Waals surface area contributed by atoms with Gasteiger partial charge in [-0.25, -0.2) is 4.39 Å². The highest BCUT2D eigenvalue weighted by atomic mass is 31.2. The monoisotopic (exact) mass is 529 g/mol. The standard InChI is InChI=1S/C26H29FN3O6P/c1-17(31)22-15-29(23-10-9-20(13-21(22)23)37(34,35)36)16-25(32)30-14-19(27)12-24(30)26(33)28-11-5-8-18-6-3-2-4-7-18/h2-4,6-7,9-10,13,15,19,24H,5,8,11-12,14,16H2,1H3,(H,28,33)(H2,34,35,36)/t19-,24+/m1/s1. The Kier molecular flexibility index (Phi) is 7.92. The van der Waals surface area contributed by atoms with Crippen LogP contribution < -0.4 is 10.6 Å². The molecule has 2 atom stereocenters. The molecule has 2 aromatic carbocycles. The number of carbonyl (C=O) groups excluding carboxylic acids is 3. The van der Waals surface area contributed by atoms with Crippen LogP contribution in [0.15, 0.2) is 54.7 Å². The van der Waals surface area contributed by atoms with Crippen LogP contribution in [0.4, 0.5) is 4.39 Å². The Morgan fingerprint density at radius 3 is 2.54 bits per heavy atom. The molecule has 1 aliphatic heterocycles. The van der Waals surface area contributed by atoms with E-state index in [1.165, 1.54) is 40.8 Å². The normalized spacial score (nSPS) is 17.8. The van der Waals surface area contributed by atoms with E-state index in [9.17, 15) is 33.1 Å². The van der Waals surface area contributed by atoms with Gasteiger partial charge in [0.25, 0.3) is 0 Å². The first-order valence-corrected chi connectivity index (χ1v) is 13.6. The number of hydrogen-bond donors (Lipinski definition) is 3. The van der Waals surface area contributed by atoms with Crippen LogP contribution in [0.25, 0.3) is 10.9 Å². The molecular formula is C26H29FN3O6P. The highest BCUT2D eigenvalue weighted by Gasteiger charge is 2.39. The molecule has 0 unspecified atom stereocenters. The molecule has 0 bridgehead atoms. The highest BCUT2D eigenvalue weighted by Crippen LogP contribution is 2.35. The SMILES string of the molecule is CC(=O)c1cn(CC(=O)N2C[C@H](F)C[C@H]2C(=O)NCCCc2ccccc2)c2ccc(P(=O)(O)O)cc12. The minimum absolute atomic E-state index is 0.0903. The fourth-order valence-electron chi connectivity index (χ4n) is 4.69. The van der Waals surface area contributed by atoms with Gasteiger partial charge in [0, 0.05) is 35.6 Å². The van der Waals surface area contributed by atoms with E-state index < -0.39 is 31.6 Å². The average Bonchev–Trinajstić information content (AvgIpc) is 3.42. The molecule has 0 radical (unpaired) electrons. The van der Waals surface area contributed by atoms with Gasteiger partial charge in [-0.1, -0.05) is 30.3 Å².